The lowest BCUT2D eigenvalue weighted by molar-refractivity contribution is 0.0737. The molecule has 2 aliphatic heterocycles. The van der Waals surface area contributed by atoms with Gasteiger partial charge in [0.2, 0.25) is 0 Å². The summed E-state index contributed by atoms with van der Waals surface area (Å²) in [7, 11) is 0. The molecule has 0 bridgehead atoms. The molecule has 3 heterocycles. The molecular formula is C28H32F2N4O. The largest absolute Gasteiger partial charge is 0.334 e. The monoisotopic (exact) mass is 478 g/mol. The van der Waals surface area contributed by atoms with Crippen molar-refractivity contribution in [2.24, 2.45) is 0 Å². The molecule has 3 aromatic rings. The van der Waals surface area contributed by atoms with Crippen molar-refractivity contribution in [3.05, 3.63) is 65.7 Å². The van der Waals surface area contributed by atoms with Gasteiger partial charge in [0.05, 0.1) is 16.8 Å². The van der Waals surface area contributed by atoms with E-state index in [0.29, 0.717) is 28.9 Å². The first kappa shape index (κ1) is 23.8. The van der Waals surface area contributed by atoms with Crippen molar-refractivity contribution in [3.8, 4) is 11.3 Å². The quantitative estimate of drug-likeness (QED) is 0.493. The fraction of sp³-hybridized carbons (Fsp3) is 0.429. The van der Waals surface area contributed by atoms with E-state index >= 15 is 0 Å². The average Bonchev–Trinajstić information content (AvgIpc) is 3.36. The number of likely N-dealkylation sites (tertiary alicyclic amines) is 2. The molecule has 2 saturated heterocycles. The first-order chi connectivity index (χ1) is 17.1. The number of para-hydroxylation sites is 1. The Bertz CT molecular complexity index is 1190. The molecule has 0 aliphatic carbocycles. The number of carbonyl (C=O) groups excluding carboxylic acids is 1. The highest BCUT2D eigenvalue weighted by Gasteiger charge is 2.30. The van der Waals surface area contributed by atoms with E-state index in [1.165, 1.54) is 38.4 Å². The lowest BCUT2D eigenvalue weighted by atomic mass is 10.0. The Labute approximate surface area is 205 Å². The first-order valence-corrected chi connectivity index (χ1v) is 12.7. The van der Waals surface area contributed by atoms with Crippen LogP contribution in [0, 0.1) is 11.6 Å². The van der Waals surface area contributed by atoms with Crippen LogP contribution < -0.4 is 5.32 Å². The van der Waals surface area contributed by atoms with Gasteiger partial charge in [0, 0.05) is 43.2 Å². The van der Waals surface area contributed by atoms with Crippen LogP contribution >= 0.6 is 0 Å². The first-order valence-electron chi connectivity index (χ1n) is 12.7. The predicted molar refractivity (Wildman–Crippen MR) is 134 cm³/mol. The predicted octanol–water partition coefficient (Wildman–Crippen LogP) is 4.86. The lowest BCUT2D eigenvalue weighted by Gasteiger charge is -2.28. The summed E-state index contributed by atoms with van der Waals surface area (Å²) in [4.78, 5) is 22.9. The second-order valence-corrected chi connectivity index (χ2v) is 9.60. The summed E-state index contributed by atoms with van der Waals surface area (Å²) >= 11 is 0. The molecule has 35 heavy (non-hydrogen) atoms. The average molecular weight is 479 g/mol. The Balaban J connectivity index is 1.34. The molecule has 2 fully saturated rings. The zero-order valence-electron chi connectivity index (χ0n) is 20.0. The Morgan fingerprint density at radius 3 is 2.63 bits per heavy atom. The normalized spacial score (nSPS) is 18.9. The fourth-order valence-corrected chi connectivity index (χ4v) is 5.31. The van der Waals surface area contributed by atoms with Gasteiger partial charge in [-0.1, -0.05) is 24.6 Å². The molecule has 1 aromatic heterocycles. The molecular weight excluding hydrogens is 446 g/mol. The Hall–Kier alpha value is -2.90. The molecule has 7 heteroatoms. The number of piperidine rings is 1. The minimum Gasteiger partial charge on any atom is -0.334 e. The molecule has 1 atom stereocenters. The maximum atomic E-state index is 13.9. The third-order valence-electron chi connectivity index (χ3n) is 7.23. The highest BCUT2D eigenvalue weighted by atomic mass is 19.2. The second-order valence-electron chi connectivity index (χ2n) is 9.60. The maximum Gasteiger partial charge on any atom is 0.254 e. The van der Waals surface area contributed by atoms with Gasteiger partial charge < -0.3 is 15.1 Å². The number of nitrogens with one attached hydrogen (secondary N) is 1. The maximum absolute atomic E-state index is 13.9. The number of hydrogen-bond donors (Lipinski definition) is 1. The minimum absolute atomic E-state index is 0.0345. The standard InChI is InChI=1S/C28H32F2N4O/c29-24-11-10-20(17-25(24)30)27-18-23(22-8-2-3-9-26(22)32-27)28(35)34-15-6-7-21(34)19-31-12-16-33-13-4-1-5-14-33/h2-3,8-11,17-18,21,31H,1,4-7,12-16,19H2/t21-/m0/s1. The Kier molecular flexibility index (Phi) is 7.35. The number of halogens is 2. The van der Waals surface area contributed by atoms with Gasteiger partial charge in [-0.2, -0.15) is 0 Å². The van der Waals surface area contributed by atoms with Crippen molar-refractivity contribution < 1.29 is 13.6 Å². The van der Waals surface area contributed by atoms with E-state index in [2.05, 4.69) is 15.2 Å². The van der Waals surface area contributed by atoms with Crippen molar-refractivity contribution in [1.29, 1.82) is 0 Å². The van der Waals surface area contributed by atoms with E-state index in [4.69, 9.17) is 0 Å². The van der Waals surface area contributed by atoms with Crippen molar-refractivity contribution in [3.63, 3.8) is 0 Å². The van der Waals surface area contributed by atoms with Crippen LogP contribution in [0.15, 0.2) is 48.5 Å². The molecule has 0 saturated carbocycles. The van der Waals surface area contributed by atoms with Gasteiger partial charge in [-0.25, -0.2) is 13.8 Å². The molecule has 5 rings (SSSR count). The van der Waals surface area contributed by atoms with E-state index < -0.39 is 11.6 Å². The number of pyridine rings is 1. The fourth-order valence-electron chi connectivity index (χ4n) is 5.31. The van der Waals surface area contributed by atoms with Crippen LogP contribution in [0.3, 0.4) is 0 Å². The van der Waals surface area contributed by atoms with Crippen LogP contribution in [0.4, 0.5) is 8.78 Å². The SMILES string of the molecule is O=C(c1cc(-c2ccc(F)c(F)c2)nc2ccccc12)N1CCC[C@H]1CNCCN1CCCCC1. The van der Waals surface area contributed by atoms with Crippen LogP contribution in [0.25, 0.3) is 22.2 Å². The molecule has 5 nitrogen and oxygen atoms in total. The van der Waals surface area contributed by atoms with E-state index in [9.17, 15) is 13.6 Å². The van der Waals surface area contributed by atoms with Gasteiger partial charge in [-0.15, -0.1) is 0 Å². The lowest BCUT2D eigenvalue weighted by Crippen LogP contribution is -2.43. The summed E-state index contributed by atoms with van der Waals surface area (Å²) in [6.45, 7) is 5.84. The van der Waals surface area contributed by atoms with Crippen molar-refractivity contribution in [2.75, 3.05) is 39.3 Å². The van der Waals surface area contributed by atoms with Gasteiger partial charge in [-0.3, -0.25) is 4.79 Å². The number of carbonyl (C=O) groups is 1. The van der Waals surface area contributed by atoms with Gasteiger partial charge in [0.1, 0.15) is 0 Å². The van der Waals surface area contributed by atoms with Crippen LogP contribution in [0.5, 0.6) is 0 Å². The van der Waals surface area contributed by atoms with Crippen LogP contribution in [-0.4, -0.2) is 66.0 Å². The summed E-state index contributed by atoms with van der Waals surface area (Å²) in [6, 6.07) is 13.1. The molecule has 0 unspecified atom stereocenters. The Morgan fingerprint density at radius 1 is 0.971 bits per heavy atom. The van der Waals surface area contributed by atoms with E-state index in [1.807, 2.05) is 29.2 Å². The van der Waals surface area contributed by atoms with Gasteiger partial charge >= 0.3 is 0 Å². The highest BCUT2D eigenvalue weighted by Crippen LogP contribution is 2.29. The molecule has 1 N–H and O–H groups in total. The smallest absolute Gasteiger partial charge is 0.254 e. The summed E-state index contributed by atoms with van der Waals surface area (Å²) in [5, 5.41) is 4.34. The molecule has 2 aliphatic rings. The van der Waals surface area contributed by atoms with Crippen LogP contribution in [0.1, 0.15) is 42.5 Å². The van der Waals surface area contributed by atoms with E-state index in [1.54, 1.807) is 6.07 Å². The van der Waals surface area contributed by atoms with Gasteiger partial charge in [0.25, 0.3) is 5.91 Å². The number of aromatic nitrogens is 1. The zero-order valence-corrected chi connectivity index (χ0v) is 20.0. The molecule has 184 valence electrons. The number of nitrogens with zero attached hydrogens (tertiary/aromatic N) is 3. The summed E-state index contributed by atoms with van der Waals surface area (Å²) in [6.07, 6.45) is 5.87. The summed E-state index contributed by atoms with van der Waals surface area (Å²) in [5.41, 5.74) is 2.12. The van der Waals surface area contributed by atoms with Crippen molar-refractivity contribution in [1.82, 2.24) is 20.1 Å². The van der Waals surface area contributed by atoms with Crippen LogP contribution in [-0.2, 0) is 0 Å². The topological polar surface area (TPSA) is 48.5 Å². The molecule has 0 spiro atoms. The second kappa shape index (κ2) is 10.8. The summed E-state index contributed by atoms with van der Waals surface area (Å²) < 4.78 is 27.4. The van der Waals surface area contributed by atoms with Gasteiger partial charge in [0.15, 0.2) is 11.6 Å². The number of hydrogen-bond acceptors (Lipinski definition) is 4. The van der Waals surface area contributed by atoms with E-state index in [-0.39, 0.29) is 11.9 Å². The van der Waals surface area contributed by atoms with Gasteiger partial charge in [-0.05, 0) is 69.1 Å². The highest BCUT2D eigenvalue weighted by molar-refractivity contribution is 6.07. The van der Waals surface area contributed by atoms with Crippen LogP contribution in [0.2, 0.25) is 0 Å². The zero-order chi connectivity index (χ0) is 24.2. The number of rotatable bonds is 7. The minimum atomic E-state index is -0.930. The third kappa shape index (κ3) is 5.36. The third-order valence-corrected chi connectivity index (χ3v) is 7.23. The number of fused-ring (bicyclic) bond motifs is 1. The Morgan fingerprint density at radius 2 is 1.80 bits per heavy atom. The molecule has 2 aromatic carbocycles. The number of benzene rings is 2. The van der Waals surface area contributed by atoms with Crippen molar-refractivity contribution in [2.45, 2.75) is 38.1 Å². The summed E-state index contributed by atoms with van der Waals surface area (Å²) in [5.74, 6) is -1.87. The molecule has 0 radical (unpaired) electrons. The van der Waals surface area contributed by atoms with E-state index in [0.717, 1.165) is 50.0 Å². The molecule has 1 amide bonds. The number of amides is 1. The van der Waals surface area contributed by atoms with Crippen molar-refractivity contribution >= 4 is 16.8 Å².